The molecule has 3 aromatic rings. The second-order valence-corrected chi connectivity index (χ2v) is 8.56. The number of benzene rings is 1. The van der Waals surface area contributed by atoms with Gasteiger partial charge < -0.3 is 9.64 Å². The van der Waals surface area contributed by atoms with Crippen LogP contribution in [0.5, 0.6) is 0 Å². The molecule has 29 heavy (non-hydrogen) atoms. The van der Waals surface area contributed by atoms with Crippen LogP contribution in [0, 0.1) is 5.92 Å². The van der Waals surface area contributed by atoms with Crippen molar-refractivity contribution >= 4 is 33.3 Å². The van der Waals surface area contributed by atoms with Crippen molar-refractivity contribution in [3.63, 3.8) is 0 Å². The minimum atomic E-state index is -0.0911. The third-order valence-corrected chi connectivity index (χ3v) is 6.54. The van der Waals surface area contributed by atoms with Crippen molar-refractivity contribution in [1.29, 1.82) is 0 Å². The van der Waals surface area contributed by atoms with Crippen LogP contribution < -0.4 is 4.90 Å². The van der Waals surface area contributed by atoms with Gasteiger partial charge in [-0.1, -0.05) is 37.3 Å². The molecule has 1 atom stereocenters. The van der Waals surface area contributed by atoms with Gasteiger partial charge in [-0.2, -0.15) is 0 Å². The fraction of sp³-hybridized carbons (Fsp3) is 0.435. The summed E-state index contributed by atoms with van der Waals surface area (Å²) >= 11 is 1.75. The highest BCUT2D eigenvalue weighted by atomic mass is 32.1. The quantitative estimate of drug-likeness (QED) is 0.556. The van der Waals surface area contributed by atoms with Crippen LogP contribution in [-0.4, -0.2) is 35.6 Å². The highest BCUT2D eigenvalue weighted by Crippen LogP contribution is 2.34. The smallest absolute Gasteiger partial charge is 0.310 e. The molecule has 0 N–H and O–H groups in total. The summed E-state index contributed by atoms with van der Waals surface area (Å²) < 4.78 is 5.28. The average Bonchev–Trinajstić information content (AvgIpc) is 3.17. The first kappa shape index (κ1) is 19.8. The summed E-state index contributed by atoms with van der Waals surface area (Å²) in [6, 6.07) is 12.5. The van der Waals surface area contributed by atoms with E-state index in [4.69, 9.17) is 14.7 Å². The zero-order valence-electron chi connectivity index (χ0n) is 17.1. The van der Waals surface area contributed by atoms with Gasteiger partial charge in [0.1, 0.15) is 16.5 Å². The molecule has 3 heterocycles. The van der Waals surface area contributed by atoms with Crippen LogP contribution in [0.1, 0.15) is 43.0 Å². The van der Waals surface area contributed by atoms with E-state index in [0.29, 0.717) is 19.6 Å². The lowest BCUT2D eigenvalue weighted by molar-refractivity contribution is -0.148. The number of fused-ring (bicyclic) bond motifs is 1. The summed E-state index contributed by atoms with van der Waals surface area (Å²) in [7, 11) is 0. The van der Waals surface area contributed by atoms with Crippen molar-refractivity contribution < 1.29 is 9.53 Å². The number of carbonyl (C=O) groups excluding carboxylic acids is 1. The molecule has 1 aliphatic rings. The van der Waals surface area contributed by atoms with Gasteiger partial charge in [0, 0.05) is 24.4 Å². The van der Waals surface area contributed by atoms with Gasteiger partial charge in [-0.25, -0.2) is 9.97 Å². The molecule has 1 aliphatic heterocycles. The van der Waals surface area contributed by atoms with E-state index < -0.39 is 0 Å². The summed E-state index contributed by atoms with van der Waals surface area (Å²) in [5, 5.41) is 1.10. The van der Waals surface area contributed by atoms with Gasteiger partial charge >= 0.3 is 5.97 Å². The van der Waals surface area contributed by atoms with Gasteiger partial charge in [0.15, 0.2) is 0 Å². The maximum absolute atomic E-state index is 12.3. The topological polar surface area (TPSA) is 55.3 Å². The maximum atomic E-state index is 12.3. The van der Waals surface area contributed by atoms with Crippen molar-refractivity contribution in [3.05, 3.63) is 52.7 Å². The summed E-state index contributed by atoms with van der Waals surface area (Å²) in [5.41, 5.74) is 1.20. The summed E-state index contributed by atoms with van der Waals surface area (Å²) in [4.78, 5) is 26.8. The Bertz CT molecular complexity index is 986. The molecule has 0 saturated carbocycles. The molecule has 1 fully saturated rings. The van der Waals surface area contributed by atoms with Crippen molar-refractivity contribution in [3.8, 4) is 0 Å². The maximum Gasteiger partial charge on any atom is 0.310 e. The Morgan fingerprint density at radius 2 is 2.07 bits per heavy atom. The molecule has 152 valence electrons. The van der Waals surface area contributed by atoms with Gasteiger partial charge in [-0.15, -0.1) is 11.3 Å². The first-order valence-electron chi connectivity index (χ1n) is 10.4. The van der Waals surface area contributed by atoms with E-state index in [1.807, 2.05) is 25.1 Å². The number of nitrogens with zero attached hydrogens (tertiary/aromatic N) is 3. The number of hydrogen-bond acceptors (Lipinski definition) is 6. The normalized spacial score (nSPS) is 16.9. The molecule has 0 bridgehead atoms. The zero-order chi connectivity index (χ0) is 20.2. The Morgan fingerprint density at radius 1 is 1.24 bits per heavy atom. The summed E-state index contributed by atoms with van der Waals surface area (Å²) in [6.45, 7) is 6.02. The van der Waals surface area contributed by atoms with Crippen molar-refractivity contribution in [2.24, 2.45) is 5.92 Å². The number of ether oxygens (including phenoxy) is 1. The van der Waals surface area contributed by atoms with Crippen LogP contribution in [0.3, 0.4) is 0 Å². The number of aromatic nitrogens is 2. The predicted molar refractivity (Wildman–Crippen MR) is 118 cm³/mol. The molecular formula is C23H27N3O2S. The van der Waals surface area contributed by atoms with Crippen LogP contribution in [0.4, 0.5) is 5.82 Å². The zero-order valence-corrected chi connectivity index (χ0v) is 17.9. The van der Waals surface area contributed by atoms with Gasteiger partial charge in [-0.05, 0) is 37.8 Å². The molecular weight excluding hydrogens is 382 g/mol. The highest BCUT2D eigenvalue weighted by Gasteiger charge is 2.29. The third-order valence-electron chi connectivity index (χ3n) is 5.36. The van der Waals surface area contributed by atoms with Crippen molar-refractivity contribution in [2.75, 3.05) is 24.6 Å². The van der Waals surface area contributed by atoms with E-state index in [-0.39, 0.29) is 11.9 Å². The predicted octanol–water partition coefficient (Wildman–Crippen LogP) is 4.62. The Balaban J connectivity index is 1.69. The van der Waals surface area contributed by atoms with Crippen LogP contribution in [0.25, 0.3) is 10.2 Å². The Hall–Kier alpha value is -2.47. The highest BCUT2D eigenvalue weighted by molar-refractivity contribution is 7.18. The summed E-state index contributed by atoms with van der Waals surface area (Å²) in [5.74, 6) is 1.62. The lowest BCUT2D eigenvalue weighted by Crippen LogP contribution is -2.40. The fourth-order valence-corrected chi connectivity index (χ4v) is 4.87. The minimum absolute atomic E-state index is 0.0874. The second-order valence-electron chi connectivity index (χ2n) is 7.45. The number of hydrogen-bond donors (Lipinski definition) is 0. The van der Waals surface area contributed by atoms with Gasteiger partial charge in [0.05, 0.1) is 17.9 Å². The van der Waals surface area contributed by atoms with E-state index in [2.05, 4.69) is 30.0 Å². The van der Waals surface area contributed by atoms with Crippen LogP contribution in [-0.2, 0) is 22.4 Å². The van der Waals surface area contributed by atoms with E-state index in [9.17, 15) is 4.79 Å². The number of thiophene rings is 1. The van der Waals surface area contributed by atoms with Gasteiger partial charge in [-0.3, -0.25) is 4.79 Å². The molecule has 1 unspecified atom stereocenters. The molecule has 1 aromatic carbocycles. The molecule has 0 radical (unpaired) electrons. The minimum Gasteiger partial charge on any atom is -0.466 e. The average molecular weight is 410 g/mol. The molecule has 5 nitrogen and oxygen atoms in total. The Kier molecular flexibility index (Phi) is 6.09. The van der Waals surface area contributed by atoms with Gasteiger partial charge in [0.25, 0.3) is 0 Å². The second kappa shape index (κ2) is 8.91. The number of piperidine rings is 1. The Morgan fingerprint density at radius 3 is 2.83 bits per heavy atom. The number of carbonyl (C=O) groups is 1. The van der Waals surface area contributed by atoms with Crippen molar-refractivity contribution in [1.82, 2.24) is 9.97 Å². The van der Waals surface area contributed by atoms with E-state index in [1.54, 1.807) is 11.3 Å². The van der Waals surface area contributed by atoms with Crippen LogP contribution in [0.2, 0.25) is 0 Å². The lowest BCUT2D eigenvalue weighted by Gasteiger charge is -2.32. The van der Waals surface area contributed by atoms with E-state index >= 15 is 0 Å². The number of esters is 1. The largest absolute Gasteiger partial charge is 0.466 e. The fourth-order valence-electron chi connectivity index (χ4n) is 3.89. The molecule has 1 saturated heterocycles. The number of rotatable bonds is 6. The summed E-state index contributed by atoms with van der Waals surface area (Å²) in [6.07, 6.45) is 3.54. The molecule has 0 aliphatic carbocycles. The first-order chi connectivity index (χ1) is 14.2. The molecule has 2 aromatic heterocycles. The van der Waals surface area contributed by atoms with Gasteiger partial charge in [0.2, 0.25) is 0 Å². The Labute approximate surface area is 175 Å². The van der Waals surface area contributed by atoms with E-state index in [0.717, 1.165) is 47.7 Å². The number of aryl methyl sites for hydroxylation is 1. The standard InChI is InChI=1S/C23H27N3O2S/c1-3-18-14-19-21(26-12-8-11-17(15-26)23(27)28-4-2)24-20(25-22(19)29-18)13-16-9-6-5-7-10-16/h5-7,9-10,14,17H,3-4,8,11-13,15H2,1-2H3. The monoisotopic (exact) mass is 409 g/mol. The molecule has 0 spiro atoms. The van der Waals surface area contributed by atoms with Crippen LogP contribution >= 0.6 is 11.3 Å². The molecule has 6 heteroatoms. The van der Waals surface area contributed by atoms with Crippen LogP contribution in [0.15, 0.2) is 36.4 Å². The third kappa shape index (κ3) is 4.42. The molecule has 0 amide bonds. The lowest BCUT2D eigenvalue weighted by atomic mass is 9.98. The van der Waals surface area contributed by atoms with E-state index in [1.165, 1.54) is 10.4 Å². The van der Waals surface area contributed by atoms with Crippen molar-refractivity contribution in [2.45, 2.75) is 39.5 Å². The molecule has 4 rings (SSSR count). The SMILES string of the molecule is CCOC(=O)C1CCCN(c2nc(Cc3ccccc3)nc3sc(CC)cc23)C1. The number of anilines is 1. The first-order valence-corrected chi connectivity index (χ1v) is 11.2.